The Morgan fingerprint density at radius 1 is 1.18 bits per heavy atom. The van der Waals surface area contributed by atoms with E-state index in [1.807, 2.05) is 0 Å². The van der Waals surface area contributed by atoms with Gasteiger partial charge in [0, 0.05) is 23.5 Å². The summed E-state index contributed by atoms with van der Waals surface area (Å²) in [5, 5.41) is 3.69. The number of nitrogens with one attached hydrogen (secondary N) is 1. The quantitative estimate of drug-likeness (QED) is 0.837. The van der Waals surface area contributed by atoms with Crippen molar-refractivity contribution in [1.82, 2.24) is 10.3 Å². The van der Waals surface area contributed by atoms with Crippen molar-refractivity contribution in [3.8, 4) is 0 Å². The monoisotopic (exact) mass is 234 g/mol. The van der Waals surface area contributed by atoms with E-state index in [0.29, 0.717) is 12.1 Å². The van der Waals surface area contributed by atoms with Crippen LogP contribution >= 0.6 is 0 Å². The smallest absolute Gasteiger partial charge is 0.0426 e. The SMILES string of the molecule is CCC(CC)NC(C)c1c(C)cc(C)nc1C. The molecule has 1 heterocycles. The van der Waals surface area contributed by atoms with E-state index in [1.165, 1.54) is 24.0 Å². The number of nitrogens with zero attached hydrogens (tertiary/aromatic N) is 1. The molecule has 0 radical (unpaired) electrons. The zero-order valence-electron chi connectivity index (χ0n) is 12.1. The van der Waals surface area contributed by atoms with Crippen molar-refractivity contribution in [2.45, 2.75) is 66.5 Å². The Balaban J connectivity index is 2.92. The van der Waals surface area contributed by atoms with Crippen LogP contribution in [-0.2, 0) is 0 Å². The van der Waals surface area contributed by atoms with Crippen molar-refractivity contribution in [2.75, 3.05) is 0 Å². The molecule has 1 rings (SSSR count). The van der Waals surface area contributed by atoms with Crippen LogP contribution in [0.15, 0.2) is 6.07 Å². The van der Waals surface area contributed by atoms with Gasteiger partial charge in [0.25, 0.3) is 0 Å². The zero-order chi connectivity index (χ0) is 13.0. The highest BCUT2D eigenvalue weighted by Gasteiger charge is 2.15. The summed E-state index contributed by atoms with van der Waals surface area (Å²) < 4.78 is 0. The predicted molar refractivity (Wildman–Crippen MR) is 74.4 cm³/mol. The molecule has 1 atom stereocenters. The van der Waals surface area contributed by atoms with Crippen LogP contribution in [0.1, 0.15) is 62.2 Å². The molecule has 1 aromatic rings. The molecule has 2 heteroatoms. The molecule has 0 aliphatic heterocycles. The van der Waals surface area contributed by atoms with Gasteiger partial charge in [-0.25, -0.2) is 0 Å². The first-order chi connectivity index (χ1) is 7.99. The maximum absolute atomic E-state index is 4.57. The van der Waals surface area contributed by atoms with Gasteiger partial charge in [-0.05, 0) is 57.7 Å². The number of hydrogen-bond donors (Lipinski definition) is 1. The van der Waals surface area contributed by atoms with Crippen molar-refractivity contribution in [1.29, 1.82) is 0 Å². The van der Waals surface area contributed by atoms with E-state index in [1.54, 1.807) is 0 Å². The molecule has 0 fully saturated rings. The summed E-state index contributed by atoms with van der Waals surface area (Å²) in [6.07, 6.45) is 2.36. The zero-order valence-corrected chi connectivity index (χ0v) is 12.1. The number of hydrogen-bond acceptors (Lipinski definition) is 2. The average molecular weight is 234 g/mol. The molecule has 0 amide bonds. The number of rotatable bonds is 5. The highest BCUT2D eigenvalue weighted by Crippen LogP contribution is 2.22. The molecule has 1 N–H and O–H groups in total. The van der Waals surface area contributed by atoms with Gasteiger partial charge < -0.3 is 5.32 Å². The van der Waals surface area contributed by atoms with Crippen molar-refractivity contribution in [3.05, 3.63) is 28.6 Å². The van der Waals surface area contributed by atoms with Crippen molar-refractivity contribution < 1.29 is 0 Å². The van der Waals surface area contributed by atoms with Gasteiger partial charge in [-0.15, -0.1) is 0 Å². The lowest BCUT2D eigenvalue weighted by Crippen LogP contribution is -2.31. The van der Waals surface area contributed by atoms with E-state index in [0.717, 1.165) is 11.4 Å². The van der Waals surface area contributed by atoms with Crippen molar-refractivity contribution in [3.63, 3.8) is 0 Å². The van der Waals surface area contributed by atoms with Crippen molar-refractivity contribution in [2.24, 2.45) is 0 Å². The van der Waals surface area contributed by atoms with E-state index >= 15 is 0 Å². The normalized spacial score (nSPS) is 13.1. The van der Waals surface area contributed by atoms with Gasteiger partial charge in [-0.2, -0.15) is 0 Å². The summed E-state index contributed by atoms with van der Waals surface area (Å²) >= 11 is 0. The number of aryl methyl sites for hydroxylation is 3. The lowest BCUT2D eigenvalue weighted by Gasteiger charge is -2.24. The molecular formula is C15H26N2. The Morgan fingerprint density at radius 3 is 2.24 bits per heavy atom. The summed E-state index contributed by atoms with van der Waals surface area (Å²) in [5.41, 5.74) is 4.98. The third-order valence-corrected chi connectivity index (χ3v) is 3.49. The van der Waals surface area contributed by atoms with E-state index in [2.05, 4.69) is 57.9 Å². The fourth-order valence-electron chi connectivity index (χ4n) is 2.65. The van der Waals surface area contributed by atoms with Gasteiger partial charge in [0.2, 0.25) is 0 Å². The second kappa shape index (κ2) is 6.15. The fraction of sp³-hybridized carbons (Fsp3) is 0.667. The summed E-state index contributed by atoms with van der Waals surface area (Å²) in [4.78, 5) is 4.57. The number of aromatic nitrogens is 1. The Morgan fingerprint density at radius 2 is 1.76 bits per heavy atom. The van der Waals surface area contributed by atoms with E-state index in [9.17, 15) is 0 Å². The van der Waals surface area contributed by atoms with E-state index in [-0.39, 0.29) is 0 Å². The molecule has 0 saturated carbocycles. The summed E-state index contributed by atoms with van der Waals surface area (Å²) in [7, 11) is 0. The maximum atomic E-state index is 4.57. The molecule has 0 bridgehead atoms. The summed E-state index contributed by atoms with van der Waals surface area (Å²) in [6, 6.07) is 3.16. The van der Waals surface area contributed by atoms with Gasteiger partial charge in [0.15, 0.2) is 0 Å². The first-order valence-corrected chi connectivity index (χ1v) is 6.70. The lowest BCUT2D eigenvalue weighted by molar-refractivity contribution is 0.430. The van der Waals surface area contributed by atoms with Crippen LogP contribution in [0, 0.1) is 20.8 Å². The minimum atomic E-state index is 0.382. The number of pyridine rings is 1. The third kappa shape index (κ3) is 3.53. The first-order valence-electron chi connectivity index (χ1n) is 6.70. The van der Waals surface area contributed by atoms with Crippen LogP contribution < -0.4 is 5.32 Å². The highest BCUT2D eigenvalue weighted by molar-refractivity contribution is 5.33. The third-order valence-electron chi connectivity index (χ3n) is 3.49. The van der Waals surface area contributed by atoms with Crippen molar-refractivity contribution >= 4 is 0 Å². The highest BCUT2D eigenvalue weighted by atomic mass is 14.9. The van der Waals surface area contributed by atoms with Gasteiger partial charge in [0.05, 0.1) is 0 Å². The van der Waals surface area contributed by atoms with Crippen LogP contribution in [-0.4, -0.2) is 11.0 Å². The molecule has 2 nitrogen and oxygen atoms in total. The van der Waals surface area contributed by atoms with E-state index in [4.69, 9.17) is 0 Å². The van der Waals surface area contributed by atoms with Crippen LogP contribution in [0.25, 0.3) is 0 Å². The van der Waals surface area contributed by atoms with Gasteiger partial charge >= 0.3 is 0 Å². The van der Waals surface area contributed by atoms with E-state index < -0.39 is 0 Å². The molecular weight excluding hydrogens is 208 g/mol. The molecule has 0 aromatic carbocycles. The van der Waals surface area contributed by atoms with Crippen LogP contribution in [0.2, 0.25) is 0 Å². The molecule has 0 aliphatic carbocycles. The Labute approximate surface area is 106 Å². The van der Waals surface area contributed by atoms with Gasteiger partial charge in [-0.3, -0.25) is 4.98 Å². The molecule has 0 spiro atoms. The molecule has 0 saturated heterocycles. The van der Waals surface area contributed by atoms with Gasteiger partial charge in [0.1, 0.15) is 0 Å². The molecule has 96 valence electrons. The molecule has 1 aromatic heterocycles. The molecule has 1 unspecified atom stereocenters. The maximum Gasteiger partial charge on any atom is 0.0426 e. The largest absolute Gasteiger partial charge is 0.307 e. The standard InChI is InChI=1S/C15H26N2/c1-7-14(8-2)17-13(6)15-10(3)9-11(4)16-12(15)5/h9,13-14,17H,7-8H2,1-6H3. The van der Waals surface area contributed by atoms with Crippen LogP contribution in [0.4, 0.5) is 0 Å². The Bertz CT molecular complexity index is 344. The summed E-state index contributed by atoms with van der Waals surface area (Å²) in [5.74, 6) is 0. The minimum Gasteiger partial charge on any atom is -0.307 e. The Kier molecular flexibility index (Phi) is 5.13. The van der Waals surface area contributed by atoms with Gasteiger partial charge in [-0.1, -0.05) is 13.8 Å². The predicted octanol–water partition coefficient (Wildman–Crippen LogP) is 3.85. The van der Waals surface area contributed by atoms with Crippen LogP contribution in [0.3, 0.4) is 0 Å². The van der Waals surface area contributed by atoms with Crippen LogP contribution in [0.5, 0.6) is 0 Å². The minimum absolute atomic E-state index is 0.382. The average Bonchev–Trinajstić information content (AvgIpc) is 2.24. The second-order valence-corrected chi connectivity index (χ2v) is 4.98. The summed E-state index contributed by atoms with van der Waals surface area (Å²) in [6.45, 7) is 13.1. The molecule has 0 aliphatic rings. The lowest BCUT2D eigenvalue weighted by atomic mass is 9.99. The second-order valence-electron chi connectivity index (χ2n) is 4.98. The topological polar surface area (TPSA) is 24.9 Å². The Hall–Kier alpha value is -0.890. The fourth-order valence-corrected chi connectivity index (χ4v) is 2.65. The first kappa shape index (κ1) is 14.2. The molecule has 17 heavy (non-hydrogen) atoms.